The van der Waals surface area contributed by atoms with Crippen LogP contribution in [-0.2, 0) is 28.7 Å². The van der Waals surface area contributed by atoms with Crippen molar-refractivity contribution in [3.63, 3.8) is 0 Å². The number of hydrogen-bond donors (Lipinski definition) is 0. The van der Waals surface area contributed by atoms with E-state index >= 15 is 0 Å². The number of esters is 1. The Labute approximate surface area is 254 Å². The van der Waals surface area contributed by atoms with Crippen LogP contribution in [0.25, 0.3) is 5.53 Å². The molecule has 0 aliphatic rings. The van der Waals surface area contributed by atoms with Gasteiger partial charge in [0.1, 0.15) is 0 Å². The zero-order valence-electron chi connectivity index (χ0n) is 20.0. The summed E-state index contributed by atoms with van der Waals surface area (Å²) >= 11 is 16.3. The van der Waals surface area contributed by atoms with Crippen LogP contribution in [0.1, 0.15) is 6.92 Å². The van der Waals surface area contributed by atoms with Crippen molar-refractivity contribution >= 4 is 79.1 Å². The summed E-state index contributed by atoms with van der Waals surface area (Å²) in [5.41, 5.74) is 5.58. The maximum atomic E-state index is 12.7. The molecule has 0 spiro atoms. The zero-order chi connectivity index (χ0) is 37.6. The summed E-state index contributed by atoms with van der Waals surface area (Å²) in [4.78, 5) is 51.7. The Hall–Kier alpha value is -2.50. The molecule has 8 nitrogen and oxygen atoms in total. The minimum Gasteiger partial charge on any atom is -0.461 e. The van der Waals surface area contributed by atoms with Crippen LogP contribution < -0.4 is 0 Å². The van der Waals surface area contributed by atoms with E-state index in [-0.39, 0.29) is 0 Å². The van der Waals surface area contributed by atoms with E-state index in [0.717, 1.165) is 6.92 Å². The molecule has 0 rings (SSSR count). The number of nitrogens with zero attached hydrogens (tertiary/aromatic N) is 2. The number of alkyl halides is 17. The molecule has 0 aromatic heterocycles. The summed E-state index contributed by atoms with van der Waals surface area (Å²) in [6.45, 7) is 0.266. The van der Waals surface area contributed by atoms with Crippen LogP contribution in [0, 0.1) is 0 Å². The average Bonchev–Trinajstić information content (AvgIpc) is 2.83. The monoisotopic (exact) mass is 784 g/mol. The van der Waals surface area contributed by atoms with E-state index in [2.05, 4.69) is 51.1 Å². The van der Waals surface area contributed by atoms with Crippen molar-refractivity contribution < 1.29 is 108 Å². The highest BCUT2D eigenvalue weighted by atomic mass is 35.5. The summed E-state index contributed by atoms with van der Waals surface area (Å²) in [5, 5.41) is -11.4. The highest BCUT2D eigenvalue weighted by molar-refractivity contribution is 6.81. The van der Waals surface area contributed by atoms with Crippen molar-refractivity contribution in [2.75, 3.05) is 6.61 Å². The number of carbonyl (C=O) groups excluding carboxylic acids is 5. The van der Waals surface area contributed by atoms with Gasteiger partial charge in [-0.1, -0.05) is 0 Å². The summed E-state index contributed by atoms with van der Waals surface area (Å²) < 4.78 is 213. The minimum absolute atomic E-state index is 0.731. The molecule has 45 heavy (non-hydrogen) atoms. The third kappa shape index (κ3) is 9.75. The summed E-state index contributed by atoms with van der Waals surface area (Å²) in [6.07, 6.45) is -4.99. The first-order chi connectivity index (χ1) is 19.5. The van der Waals surface area contributed by atoms with E-state index in [9.17, 15) is 98.6 Å². The maximum absolute atomic E-state index is 12.7. The Kier molecular flexibility index (Phi) is 16.0. The maximum Gasteiger partial charge on any atom is 0.500 e. The minimum atomic E-state index is -6.92. The van der Waals surface area contributed by atoms with Gasteiger partial charge in [0.25, 0.3) is 15.7 Å². The van der Waals surface area contributed by atoms with Gasteiger partial charge in [0.05, 0.1) is 6.61 Å². The van der Waals surface area contributed by atoms with E-state index in [4.69, 9.17) is 5.53 Å². The predicted molar refractivity (Wildman–Crippen MR) is 109 cm³/mol. The van der Waals surface area contributed by atoms with Gasteiger partial charge in [-0.25, -0.2) is 4.79 Å². The number of ether oxygens (including phenoxy) is 1. The Balaban J connectivity index is -0.000000612. The lowest BCUT2D eigenvalue weighted by atomic mass is 10.00. The fraction of sp³-hybridized carbons (Fsp3) is 0.625. The molecule has 0 saturated carbocycles. The predicted octanol–water partition coefficient (Wildman–Crippen LogP) is 6.26. The van der Waals surface area contributed by atoms with Crippen LogP contribution in [0.4, 0.5) is 74.6 Å². The molecule has 0 aromatic rings. The van der Waals surface area contributed by atoms with E-state index in [1.54, 1.807) is 4.79 Å². The molecule has 0 saturated heterocycles. The lowest BCUT2D eigenvalue weighted by Crippen LogP contribution is -2.65. The molecule has 0 radical (unpaired) electrons. The van der Waals surface area contributed by atoms with Crippen molar-refractivity contribution in [2.24, 2.45) is 0 Å². The molecule has 262 valence electrons. The van der Waals surface area contributed by atoms with Crippen molar-refractivity contribution in [1.82, 2.24) is 0 Å². The third-order valence-electron chi connectivity index (χ3n) is 3.80. The zero-order valence-corrected chi connectivity index (χ0v) is 23.0. The molecular formula is C16H5Cl4F17N2O6. The molecule has 0 aliphatic carbocycles. The van der Waals surface area contributed by atoms with Crippen molar-refractivity contribution in [3.8, 4) is 0 Å². The standard InChI is InChI=1S/C7H5ClF6O3.C6Cl2F8O2.C3ClF3N2O/c1-2-17-4(16)6(11,12)7(13,14)5(9,10)3(8)15;7-1(17)3(9,10)5(13,14)6(15,16)4(11,12)2(8)18;4-2(10)1(9-8)3(5,6)7/h2H2,1H3;;. The summed E-state index contributed by atoms with van der Waals surface area (Å²) in [7, 11) is 0. The number of halogens is 21. The average molecular weight is 786 g/mol. The van der Waals surface area contributed by atoms with Gasteiger partial charge in [-0.15, -0.1) is 0 Å². The molecule has 29 heteroatoms. The van der Waals surface area contributed by atoms with E-state index < -0.39 is 86.9 Å². The lowest BCUT2D eigenvalue weighted by molar-refractivity contribution is -0.343. The highest BCUT2D eigenvalue weighted by Gasteiger charge is 2.84. The second kappa shape index (κ2) is 15.4. The quantitative estimate of drug-likeness (QED) is 0.0607. The molecule has 0 bridgehead atoms. The summed E-state index contributed by atoms with van der Waals surface area (Å²) in [5.74, 6) is -47.4. The molecule has 0 aliphatic heterocycles. The number of rotatable bonds is 11. The van der Waals surface area contributed by atoms with E-state index in [0.29, 0.717) is 0 Å². The highest BCUT2D eigenvalue weighted by Crippen LogP contribution is 2.53. The van der Waals surface area contributed by atoms with Crippen LogP contribution in [0.3, 0.4) is 0 Å². The molecular weight excluding hydrogens is 781 g/mol. The fourth-order valence-corrected chi connectivity index (χ4v) is 2.02. The molecule has 0 atom stereocenters. The number of hydrogen-bond acceptors (Lipinski definition) is 6. The van der Waals surface area contributed by atoms with Gasteiger partial charge in [0, 0.05) is 0 Å². The van der Waals surface area contributed by atoms with Gasteiger partial charge in [-0.05, 0) is 53.3 Å². The van der Waals surface area contributed by atoms with Crippen LogP contribution in [-0.4, -0.2) is 91.7 Å². The van der Waals surface area contributed by atoms with Gasteiger partial charge in [0.15, 0.2) is 0 Å². The van der Waals surface area contributed by atoms with Crippen LogP contribution in [0.5, 0.6) is 0 Å². The largest absolute Gasteiger partial charge is 0.500 e. The Morgan fingerprint density at radius 3 is 0.978 bits per heavy atom. The van der Waals surface area contributed by atoms with Crippen LogP contribution in [0.2, 0.25) is 0 Å². The van der Waals surface area contributed by atoms with Gasteiger partial charge in [-0.3, -0.25) is 19.2 Å². The molecule has 0 heterocycles. The first-order valence-corrected chi connectivity index (χ1v) is 10.9. The van der Waals surface area contributed by atoms with Crippen molar-refractivity contribution in [1.29, 1.82) is 0 Å². The lowest BCUT2D eigenvalue weighted by Gasteiger charge is -2.33. The van der Waals surface area contributed by atoms with Crippen molar-refractivity contribution in [2.45, 2.75) is 54.6 Å². The fourth-order valence-electron chi connectivity index (χ4n) is 1.52. The van der Waals surface area contributed by atoms with Crippen molar-refractivity contribution in [3.05, 3.63) is 5.53 Å². The van der Waals surface area contributed by atoms with Gasteiger partial charge < -0.3 is 10.3 Å². The smallest absolute Gasteiger partial charge is 0.461 e. The third-order valence-corrected chi connectivity index (χ3v) is 4.69. The second-order valence-electron chi connectivity index (χ2n) is 6.78. The van der Waals surface area contributed by atoms with Gasteiger partial charge in [0.2, 0.25) is 0 Å². The number of carbonyl (C=O) groups is 5. The van der Waals surface area contributed by atoms with E-state index in [1.807, 2.05) is 0 Å². The first kappa shape index (κ1) is 46.9. The molecule has 0 N–H and O–H groups in total. The van der Waals surface area contributed by atoms with Gasteiger partial charge in [-0.2, -0.15) is 79.4 Å². The van der Waals surface area contributed by atoms with Gasteiger partial charge >= 0.3 is 64.6 Å². The first-order valence-electron chi connectivity index (χ1n) is 9.36. The molecule has 0 amide bonds. The molecule has 0 fully saturated rings. The topological polar surface area (TPSA) is 131 Å². The Morgan fingerprint density at radius 2 is 0.822 bits per heavy atom. The normalized spacial score (nSPS) is 13.2. The van der Waals surface area contributed by atoms with Crippen LogP contribution in [0.15, 0.2) is 0 Å². The SMILES string of the molecule is CCOC(=O)C(F)(F)C(F)(F)C(F)(F)C(=O)Cl.O=C(Cl)C(F)(F)C(F)(F)C(F)(F)C(F)(F)C(=O)Cl.[N-]=[N+]=C(C(=O)Cl)C(F)(F)F. The molecule has 0 aromatic carbocycles. The second-order valence-corrected chi connectivity index (χ2v) is 8.16. The van der Waals surface area contributed by atoms with Crippen LogP contribution >= 0.6 is 46.4 Å². The van der Waals surface area contributed by atoms with E-state index in [1.165, 1.54) is 0 Å². The Morgan fingerprint density at radius 1 is 0.556 bits per heavy atom. The summed E-state index contributed by atoms with van der Waals surface area (Å²) in [6, 6.07) is 0. The molecule has 0 unspecified atom stereocenters. The Bertz CT molecular complexity index is 1170.